The number of carbonyl (C=O) groups is 1. The normalized spacial score (nSPS) is 11.3. The van der Waals surface area contributed by atoms with Gasteiger partial charge in [-0.25, -0.2) is 14.3 Å². The minimum absolute atomic E-state index is 0.0406. The van der Waals surface area contributed by atoms with Gasteiger partial charge in [0.2, 0.25) is 0 Å². The third-order valence-corrected chi connectivity index (χ3v) is 3.94. The first kappa shape index (κ1) is 14.8. The van der Waals surface area contributed by atoms with E-state index in [1.165, 1.54) is 12.5 Å². The van der Waals surface area contributed by atoms with E-state index in [1.807, 2.05) is 13.8 Å². The fourth-order valence-corrected chi connectivity index (χ4v) is 2.60. The number of nitrogens with zero attached hydrogens (tertiary/aromatic N) is 6. The van der Waals surface area contributed by atoms with E-state index in [2.05, 4.69) is 24.7 Å². The van der Waals surface area contributed by atoms with Gasteiger partial charge in [-0.15, -0.1) is 5.10 Å². The van der Waals surface area contributed by atoms with Crippen LogP contribution in [0.2, 0.25) is 4.34 Å². The summed E-state index contributed by atoms with van der Waals surface area (Å²) in [5.74, 6) is -0.0380. The summed E-state index contributed by atoms with van der Waals surface area (Å²) in [4.78, 5) is 20.4. The smallest absolute Gasteiger partial charge is 0.341 e. The number of ether oxygens (including phenoxy) is 1. The van der Waals surface area contributed by atoms with Crippen LogP contribution in [0, 0.1) is 0 Å². The van der Waals surface area contributed by atoms with E-state index in [4.69, 9.17) is 16.3 Å². The molecule has 0 saturated carbocycles. The molecule has 0 fully saturated rings. The van der Waals surface area contributed by atoms with Crippen LogP contribution in [0.5, 0.6) is 0 Å². The summed E-state index contributed by atoms with van der Waals surface area (Å²) in [6.45, 7) is 3.87. The Morgan fingerprint density at radius 3 is 2.95 bits per heavy atom. The second kappa shape index (κ2) is 5.93. The van der Waals surface area contributed by atoms with Crippen molar-refractivity contribution < 1.29 is 9.53 Å². The average molecular weight is 339 g/mol. The lowest BCUT2D eigenvalue weighted by molar-refractivity contribution is 0.0464. The van der Waals surface area contributed by atoms with Crippen molar-refractivity contribution in [2.45, 2.75) is 26.4 Å². The molecule has 0 amide bonds. The van der Waals surface area contributed by atoms with Gasteiger partial charge in [0.25, 0.3) is 5.78 Å². The van der Waals surface area contributed by atoms with Gasteiger partial charge in [0.1, 0.15) is 23.0 Å². The van der Waals surface area contributed by atoms with Gasteiger partial charge < -0.3 is 4.74 Å². The van der Waals surface area contributed by atoms with Gasteiger partial charge in [-0.1, -0.05) is 29.9 Å². The van der Waals surface area contributed by atoms with E-state index in [9.17, 15) is 4.79 Å². The Kier molecular flexibility index (Phi) is 3.99. The molecule has 0 spiro atoms. The maximum absolute atomic E-state index is 12.3. The molecule has 0 unspecified atom stereocenters. The molecule has 22 heavy (non-hydrogen) atoms. The predicted octanol–water partition coefficient (Wildman–Crippen LogP) is 2.11. The fraction of sp³-hybridized carbons (Fsp3) is 0.333. The van der Waals surface area contributed by atoms with E-state index in [0.29, 0.717) is 27.1 Å². The Balaban J connectivity index is 1.90. The van der Waals surface area contributed by atoms with Crippen molar-refractivity contribution in [3.05, 3.63) is 33.8 Å². The first-order valence-electron chi connectivity index (χ1n) is 6.40. The number of rotatable bonds is 4. The van der Waals surface area contributed by atoms with Crippen molar-refractivity contribution in [2.24, 2.45) is 0 Å². The second-order valence-electron chi connectivity index (χ2n) is 4.75. The van der Waals surface area contributed by atoms with Crippen LogP contribution in [0.1, 0.15) is 41.5 Å². The van der Waals surface area contributed by atoms with Gasteiger partial charge in [-0.2, -0.15) is 10.1 Å². The summed E-state index contributed by atoms with van der Waals surface area (Å²) in [5, 5.41) is 7.90. The zero-order valence-electron chi connectivity index (χ0n) is 11.7. The molecule has 8 nitrogen and oxygen atoms in total. The second-order valence-corrected chi connectivity index (χ2v) is 6.11. The number of carbonyl (C=O) groups excluding carboxylic acids is 1. The van der Waals surface area contributed by atoms with Gasteiger partial charge in [-0.3, -0.25) is 0 Å². The third kappa shape index (κ3) is 2.64. The molecule has 0 atom stereocenters. The number of aromatic nitrogens is 6. The van der Waals surface area contributed by atoms with Gasteiger partial charge in [-0.05, 0) is 5.92 Å². The lowest BCUT2D eigenvalue weighted by atomic mass is 10.1. The van der Waals surface area contributed by atoms with Crippen LogP contribution in [-0.4, -0.2) is 35.1 Å². The van der Waals surface area contributed by atoms with Crippen molar-refractivity contribution in [1.29, 1.82) is 0 Å². The molecule has 3 aromatic rings. The topological polar surface area (TPSA) is 95.2 Å². The van der Waals surface area contributed by atoms with Gasteiger partial charge in [0.05, 0.1) is 11.3 Å². The molecule has 114 valence electrons. The minimum Gasteiger partial charge on any atom is -0.455 e. The molecular formula is C12H11ClN6O2S. The van der Waals surface area contributed by atoms with Crippen molar-refractivity contribution in [3.63, 3.8) is 0 Å². The van der Waals surface area contributed by atoms with E-state index < -0.39 is 5.97 Å². The number of hydrogen-bond acceptors (Lipinski definition) is 8. The van der Waals surface area contributed by atoms with Gasteiger partial charge >= 0.3 is 5.97 Å². The summed E-state index contributed by atoms with van der Waals surface area (Å²) in [7, 11) is 0. The summed E-state index contributed by atoms with van der Waals surface area (Å²) in [5.41, 5.74) is 1.46. The van der Waals surface area contributed by atoms with E-state index in [0.717, 1.165) is 11.5 Å². The van der Waals surface area contributed by atoms with Crippen molar-refractivity contribution in [2.75, 3.05) is 0 Å². The highest BCUT2D eigenvalue weighted by atomic mass is 35.5. The Morgan fingerprint density at radius 1 is 1.45 bits per heavy atom. The zero-order valence-corrected chi connectivity index (χ0v) is 13.3. The quantitative estimate of drug-likeness (QED) is 0.672. The van der Waals surface area contributed by atoms with E-state index in [-0.39, 0.29) is 12.5 Å². The fourth-order valence-electron chi connectivity index (χ4n) is 2.00. The summed E-state index contributed by atoms with van der Waals surface area (Å²) < 4.78 is 10.9. The van der Waals surface area contributed by atoms with Crippen LogP contribution < -0.4 is 0 Å². The Morgan fingerprint density at radius 2 is 2.27 bits per heavy atom. The maximum Gasteiger partial charge on any atom is 0.341 e. The van der Waals surface area contributed by atoms with Crippen molar-refractivity contribution in [3.8, 4) is 0 Å². The van der Waals surface area contributed by atoms with Crippen LogP contribution in [0.15, 0.2) is 12.5 Å². The average Bonchev–Trinajstić information content (AvgIpc) is 3.11. The highest BCUT2D eigenvalue weighted by Crippen LogP contribution is 2.22. The molecule has 0 aliphatic heterocycles. The molecule has 3 rings (SSSR count). The van der Waals surface area contributed by atoms with Gasteiger partial charge in [0.15, 0.2) is 0 Å². The number of halogens is 1. The van der Waals surface area contributed by atoms with Gasteiger partial charge in [0, 0.05) is 17.7 Å². The number of fused-ring (bicyclic) bond motifs is 1. The Labute approximate surface area is 134 Å². The molecule has 3 aromatic heterocycles. The first-order valence-corrected chi connectivity index (χ1v) is 7.55. The molecule has 0 aliphatic carbocycles. The van der Waals surface area contributed by atoms with Crippen LogP contribution in [0.3, 0.4) is 0 Å². The highest BCUT2D eigenvalue weighted by Gasteiger charge is 2.21. The zero-order chi connectivity index (χ0) is 15.7. The Hall–Kier alpha value is -2.13. The lowest BCUT2D eigenvalue weighted by Gasteiger charge is -2.12. The molecule has 0 radical (unpaired) electrons. The molecule has 0 aliphatic rings. The SMILES string of the molecule is CC(C)c1c(C(=O)OCc2nnsc2Cl)cnc2ncnn12. The minimum atomic E-state index is -0.516. The standard InChI is InChI=1S/C12H11ClN6O2S/c1-6(2)9-7(3-14-12-15-5-16-19(9)12)11(20)21-4-8-10(13)22-18-17-8/h3,5-6H,4H2,1-2H3. The maximum atomic E-state index is 12.3. The third-order valence-electron chi connectivity index (χ3n) is 2.96. The molecule has 3 heterocycles. The number of hydrogen-bond donors (Lipinski definition) is 0. The molecule has 0 bridgehead atoms. The summed E-state index contributed by atoms with van der Waals surface area (Å²) in [6.07, 6.45) is 2.84. The van der Waals surface area contributed by atoms with Crippen molar-refractivity contribution in [1.82, 2.24) is 29.2 Å². The summed E-state index contributed by atoms with van der Waals surface area (Å²) >= 11 is 6.92. The molecule has 0 N–H and O–H groups in total. The highest BCUT2D eigenvalue weighted by molar-refractivity contribution is 7.10. The van der Waals surface area contributed by atoms with E-state index >= 15 is 0 Å². The molecule has 0 aromatic carbocycles. The number of esters is 1. The van der Waals surface area contributed by atoms with E-state index in [1.54, 1.807) is 4.52 Å². The van der Waals surface area contributed by atoms with Crippen LogP contribution >= 0.6 is 23.1 Å². The van der Waals surface area contributed by atoms with Crippen molar-refractivity contribution >= 4 is 34.9 Å². The lowest BCUT2D eigenvalue weighted by Crippen LogP contribution is -2.15. The van der Waals surface area contributed by atoms with Crippen LogP contribution in [0.4, 0.5) is 0 Å². The predicted molar refractivity (Wildman–Crippen MR) is 78.9 cm³/mol. The molecule has 10 heteroatoms. The van der Waals surface area contributed by atoms with Crippen LogP contribution in [-0.2, 0) is 11.3 Å². The summed E-state index contributed by atoms with van der Waals surface area (Å²) in [6, 6.07) is 0. The first-order chi connectivity index (χ1) is 10.6. The molecular weight excluding hydrogens is 328 g/mol. The largest absolute Gasteiger partial charge is 0.455 e. The van der Waals surface area contributed by atoms with Crippen LogP contribution in [0.25, 0.3) is 5.78 Å². The molecule has 0 saturated heterocycles. The Bertz CT molecular complexity index is 830. The monoisotopic (exact) mass is 338 g/mol.